The SMILES string of the molecule is O=C1CCCN1Cc1cccc(NS(=O)(=O)c2ccc(F)c(F)c2F)c1. The van der Waals surface area contributed by atoms with Crippen LogP contribution in [0.3, 0.4) is 0 Å². The summed E-state index contributed by atoms with van der Waals surface area (Å²) in [6, 6.07) is 7.44. The summed E-state index contributed by atoms with van der Waals surface area (Å²) in [7, 11) is -4.45. The summed E-state index contributed by atoms with van der Waals surface area (Å²) in [5, 5.41) is 0. The van der Waals surface area contributed by atoms with Crippen molar-refractivity contribution in [2.45, 2.75) is 24.3 Å². The van der Waals surface area contributed by atoms with Gasteiger partial charge >= 0.3 is 0 Å². The van der Waals surface area contributed by atoms with Crippen LogP contribution in [-0.2, 0) is 21.4 Å². The van der Waals surface area contributed by atoms with Crippen LogP contribution in [0.25, 0.3) is 0 Å². The zero-order chi connectivity index (χ0) is 18.9. The maximum atomic E-state index is 13.8. The summed E-state index contributed by atoms with van der Waals surface area (Å²) in [5.74, 6) is -5.08. The normalized spacial score (nSPS) is 14.7. The molecule has 0 atom stereocenters. The van der Waals surface area contributed by atoms with Gasteiger partial charge in [0, 0.05) is 25.2 Å². The van der Waals surface area contributed by atoms with E-state index in [0.717, 1.165) is 6.42 Å². The van der Waals surface area contributed by atoms with Crippen molar-refractivity contribution in [2.75, 3.05) is 11.3 Å². The van der Waals surface area contributed by atoms with E-state index in [1.165, 1.54) is 12.1 Å². The van der Waals surface area contributed by atoms with E-state index >= 15 is 0 Å². The molecule has 0 unspecified atom stereocenters. The molecule has 0 aromatic heterocycles. The van der Waals surface area contributed by atoms with Gasteiger partial charge < -0.3 is 4.90 Å². The molecule has 3 rings (SSSR count). The second-order valence-corrected chi connectivity index (χ2v) is 7.55. The summed E-state index contributed by atoms with van der Waals surface area (Å²) >= 11 is 0. The van der Waals surface area contributed by atoms with Crippen molar-refractivity contribution in [3.8, 4) is 0 Å². The van der Waals surface area contributed by atoms with E-state index in [1.54, 1.807) is 17.0 Å². The Morgan fingerprint density at radius 1 is 1.08 bits per heavy atom. The molecule has 0 spiro atoms. The number of benzene rings is 2. The van der Waals surface area contributed by atoms with Crippen LogP contribution in [0.2, 0.25) is 0 Å². The monoisotopic (exact) mass is 384 g/mol. The number of likely N-dealkylation sites (tertiary alicyclic amines) is 1. The number of anilines is 1. The van der Waals surface area contributed by atoms with Crippen molar-refractivity contribution < 1.29 is 26.4 Å². The van der Waals surface area contributed by atoms with Crippen LogP contribution in [0.1, 0.15) is 18.4 Å². The largest absolute Gasteiger partial charge is 0.338 e. The number of nitrogens with one attached hydrogen (secondary N) is 1. The van der Waals surface area contributed by atoms with Crippen molar-refractivity contribution in [3.63, 3.8) is 0 Å². The molecule has 1 amide bonds. The molecule has 5 nitrogen and oxygen atoms in total. The molecule has 2 aromatic carbocycles. The summed E-state index contributed by atoms with van der Waals surface area (Å²) in [6.07, 6.45) is 1.27. The number of halogens is 3. The van der Waals surface area contributed by atoms with Crippen LogP contribution in [0.4, 0.5) is 18.9 Å². The Morgan fingerprint density at radius 2 is 1.85 bits per heavy atom. The van der Waals surface area contributed by atoms with E-state index in [2.05, 4.69) is 4.72 Å². The van der Waals surface area contributed by atoms with Gasteiger partial charge in [-0.1, -0.05) is 12.1 Å². The predicted molar refractivity (Wildman–Crippen MR) is 88.2 cm³/mol. The van der Waals surface area contributed by atoms with Crippen molar-refractivity contribution in [2.24, 2.45) is 0 Å². The van der Waals surface area contributed by atoms with Crippen LogP contribution < -0.4 is 4.72 Å². The van der Waals surface area contributed by atoms with Gasteiger partial charge in [0.1, 0.15) is 4.90 Å². The highest BCUT2D eigenvalue weighted by molar-refractivity contribution is 7.92. The number of sulfonamides is 1. The Balaban J connectivity index is 1.83. The fourth-order valence-corrected chi connectivity index (χ4v) is 3.87. The van der Waals surface area contributed by atoms with Crippen LogP contribution in [-0.4, -0.2) is 25.8 Å². The molecule has 2 aromatic rings. The standard InChI is InChI=1S/C17H15F3N2O3S/c18-13-6-7-14(17(20)16(13)19)26(24,25)21-12-4-1-3-11(9-12)10-22-8-2-5-15(22)23/h1,3-4,6-7,9,21H,2,5,8,10H2. The first-order valence-corrected chi connectivity index (χ1v) is 9.29. The first kappa shape index (κ1) is 18.2. The van der Waals surface area contributed by atoms with Gasteiger partial charge in [-0.2, -0.15) is 0 Å². The van der Waals surface area contributed by atoms with Gasteiger partial charge in [-0.05, 0) is 36.2 Å². The summed E-state index contributed by atoms with van der Waals surface area (Å²) in [4.78, 5) is 12.3. The minimum Gasteiger partial charge on any atom is -0.338 e. The third-order valence-electron chi connectivity index (χ3n) is 4.01. The van der Waals surface area contributed by atoms with Crippen molar-refractivity contribution in [1.82, 2.24) is 4.90 Å². The number of amides is 1. The van der Waals surface area contributed by atoms with Crippen LogP contribution in [0.5, 0.6) is 0 Å². The molecule has 9 heteroatoms. The first-order valence-electron chi connectivity index (χ1n) is 7.81. The third-order valence-corrected chi connectivity index (χ3v) is 5.41. The number of rotatable bonds is 5. The zero-order valence-electron chi connectivity index (χ0n) is 13.5. The minimum absolute atomic E-state index is 0.0276. The highest BCUT2D eigenvalue weighted by atomic mass is 32.2. The Bertz CT molecular complexity index is 964. The quantitative estimate of drug-likeness (QED) is 0.806. The first-order chi connectivity index (χ1) is 12.3. The molecule has 0 bridgehead atoms. The van der Waals surface area contributed by atoms with Gasteiger partial charge in [0.05, 0.1) is 0 Å². The molecular formula is C17H15F3N2O3S. The lowest BCUT2D eigenvalue weighted by Crippen LogP contribution is -2.23. The third kappa shape index (κ3) is 3.67. The smallest absolute Gasteiger partial charge is 0.264 e. The van der Waals surface area contributed by atoms with E-state index in [9.17, 15) is 26.4 Å². The molecular weight excluding hydrogens is 369 g/mol. The number of hydrogen-bond acceptors (Lipinski definition) is 3. The van der Waals surface area contributed by atoms with Crippen LogP contribution in [0, 0.1) is 17.5 Å². The van der Waals surface area contributed by atoms with Gasteiger partial charge in [-0.25, -0.2) is 21.6 Å². The van der Waals surface area contributed by atoms with Crippen molar-refractivity contribution in [3.05, 3.63) is 59.4 Å². The maximum Gasteiger partial charge on any atom is 0.264 e. The van der Waals surface area contributed by atoms with Gasteiger partial charge in [-0.3, -0.25) is 9.52 Å². The minimum atomic E-state index is -4.45. The molecule has 1 heterocycles. The lowest BCUT2D eigenvalue weighted by molar-refractivity contribution is -0.128. The predicted octanol–water partition coefficient (Wildman–Crippen LogP) is 3.03. The lowest BCUT2D eigenvalue weighted by Gasteiger charge is -2.16. The average molecular weight is 384 g/mol. The average Bonchev–Trinajstić information content (AvgIpc) is 2.97. The summed E-state index contributed by atoms with van der Waals surface area (Å²) in [5.41, 5.74) is 0.810. The van der Waals surface area contributed by atoms with E-state index in [0.29, 0.717) is 37.2 Å². The molecule has 1 fully saturated rings. The fraction of sp³-hybridized carbons (Fsp3) is 0.235. The molecule has 138 valence electrons. The number of carbonyl (C=O) groups excluding carboxylic acids is 1. The van der Waals surface area contributed by atoms with Crippen molar-refractivity contribution >= 4 is 21.6 Å². The van der Waals surface area contributed by atoms with Crippen LogP contribution >= 0.6 is 0 Å². The Morgan fingerprint density at radius 3 is 2.54 bits per heavy atom. The molecule has 0 saturated carbocycles. The maximum absolute atomic E-state index is 13.8. The Labute approximate surface area is 148 Å². The van der Waals surface area contributed by atoms with E-state index in [-0.39, 0.29) is 11.6 Å². The molecule has 0 aliphatic carbocycles. The molecule has 1 N–H and O–H groups in total. The van der Waals surface area contributed by atoms with Crippen LogP contribution in [0.15, 0.2) is 41.3 Å². The van der Waals surface area contributed by atoms with Crippen molar-refractivity contribution in [1.29, 1.82) is 0 Å². The van der Waals surface area contributed by atoms with E-state index in [1.807, 2.05) is 0 Å². The molecule has 1 saturated heterocycles. The summed E-state index contributed by atoms with van der Waals surface area (Å²) in [6.45, 7) is 0.961. The second kappa shape index (κ2) is 6.99. The Hall–Kier alpha value is -2.55. The molecule has 0 radical (unpaired) electrons. The van der Waals surface area contributed by atoms with E-state index < -0.39 is 32.4 Å². The van der Waals surface area contributed by atoms with Gasteiger partial charge in [0.2, 0.25) is 5.91 Å². The molecule has 1 aliphatic rings. The Kier molecular flexibility index (Phi) is 4.90. The molecule has 26 heavy (non-hydrogen) atoms. The fourth-order valence-electron chi connectivity index (χ4n) is 2.75. The zero-order valence-corrected chi connectivity index (χ0v) is 14.3. The van der Waals surface area contributed by atoms with E-state index in [4.69, 9.17) is 0 Å². The summed E-state index contributed by atoms with van der Waals surface area (Å²) < 4.78 is 66.8. The van der Waals surface area contributed by atoms with Gasteiger partial charge in [0.25, 0.3) is 10.0 Å². The number of nitrogens with zero attached hydrogens (tertiary/aromatic N) is 1. The number of hydrogen-bond donors (Lipinski definition) is 1. The second-order valence-electron chi connectivity index (χ2n) is 5.90. The highest BCUT2D eigenvalue weighted by Crippen LogP contribution is 2.23. The lowest BCUT2D eigenvalue weighted by atomic mass is 10.2. The molecule has 1 aliphatic heterocycles. The number of carbonyl (C=O) groups is 1. The topological polar surface area (TPSA) is 66.5 Å². The van der Waals surface area contributed by atoms with Gasteiger partial charge in [0.15, 0.2) is 17.5 Å². The van der Waals surface area contributed by atoms with Gasteiger partial charge in [-0.15, -0.1) is 0 Å². The highest BCUT2D eigenvalue weighted by Gasteiger charge is 2.24.